The molecule has 2 amide bonds. The number of anilines is 1. The van der Waals surface area contributed by atoms with Crippen molar-refractivity contribution in [1.82, 2.24) is 5.32 Å². The Morgan fingerprint density at radius 3 is 2.67 bits per heavy atom. The van der Waals surface area contributed by atoms with Gasteiger partial charge < -0.3 is 11.1 Å². The van der Waals surface area contributed by atoms with Gasteiger partial charge in [0.25, 0.3) is 0 Å². The summed E-state index contributed by atoms with van der Waals surface area (Å²) in [5, 5.41) is 12.3. The van der Waals surface area contributed by atoms with Gasteiger partial charge in [0.1, 0.15) is 0 Å². The standard InChI is InChI=1S/C10H14N4O/c1-6-4-3-5-8(7(6)2)13-9(11)14-10(12)15/h3-5H,1-2H3,(H5,11,12,13,14,15). The lowest BCUT2D eigenvalue weighted by Crippen LogP contribution is -2.38. The van der Waals surface area contributed by atoms with Crippen molar-refractivity contribution in [3.63, 3.8) is 0 Å². The first-order chi connectivity index (χ1) is 7.00. The van der Waals surface area contributed by atoms with Gasteiger partial charge in [-0.2, -0.15) is 0 Å². The van der Waals surface area contributed by atoms with E-state index in [1.807, 2.05) is 32.0 Å². The molecular weight excluding hydrogens is 192 g/mol. The van der Waals surface area contributed by atoms with Gasteiger partial charge in [0.05, 0.1) is 0 Å². The van der Waals surface area contributed by atoms with Crippen molar-refractivity contribution in [1.29, 1.82) is 5.41 Å². The van der Waals surface area contributed by atoms with E-state index < -0.39 is 6.03 Å². The Labute approximate surface area is 88.2 Å². The molecule has 1 aromatic carbocycles. The number of guanidine groups is 1. The molecule has 1 rings (SSSR count). The van der Waals surface area contributed by atoms with Crippen LogP contribution in [0.3, 0.4) is 0 Å². The predicted molar refractivity (Wildman–Crippen MR) is 60.0 cm³/mol. The zero-order chi connectivity index (χ0) is 11.4. The third-order valence-corrected chi connectivity index (χ3v) is 2.11. The van der Waals surface area contributed by atoms with Crippen molar-refractivity contribution < 1.29 is 4.79 Å². The quantitative estimate of drug-likeness (QED) is 0.412. The van der Waals surface area contributed by atoms with E-state index in [1.165, 1.54) is 0 Å². The molecule has 5 N–H and O–H groups in total. The second-order valence-electron chi connectivity index (χ2n) is 3.24. The topological polar surface area (TPSA) is 91.0 Å². The minimum atomic E-state index is -0.752. The maximum Gasteiger partial charge on any atom is 0.318 e. The molecule has 0 saturated heterocycles. The smallest absolute Gasteiger partial charge is 0.318 e. The fourth-order valence-corrected chi connectivity index (χ4v) is 1.18. The van der Waals surface area contributed by atoms with Crippen LogP contribution in [-0.2, 0) is 0 Å². The summed E-state index contributed by atoms with van der Waals surface area (Å²) >= 11 is 0. The van der Waals surface area contributed by atoms with Gasteiger partial charge in [0.2, 0.25) is 5.96 Å². The maximum absolute atomic E-state index is 10.5. The molecule has 0 heterocycles. The monoisotopic (exact) mass is 206 g/mol. The number of carbonyl (C=O) groups excluding carboxylic acids is 1. The number of benzene rings is 1. The van der Waals surface area contributed by atoms with Gasteiger partial charge in [-0.05, 0) is 31.0 Å². The van der Waals surface area contributed by atoms with Crippen LogP contribution in [0.2, 0.25) is 0 Å². The van der Waals surface area contributed by atoms with Gasteiger partial charge in [-0.3, -0.25) is 10.7 Å². The SMILES string of the molecule is Cc1cccc(NC(=N)NC(N)=O)c1C. The number of amides is 2. The van der Waals surface area contributed by atoms with E-state index in [-0.39, 0.29) is 5.96 Å². The average molecular weight is 206 g/mol. The third-order valence-electron chi connectivity index (χ3n) is 2.11. The first kappa shape index (κ1) is 11.0. The van der Waals surface area contributed by atoms with E-state index in [4.69, 9.17) is 11.1 Å². The van der Waals surface area contributed by atoms with Crippen LogP contribution in [0.25, 0.3) is 0 Å². The summed E-state index contributed by atoms with van der Waals surface area (Å²) in [4.78, 5) is 10.5. The summed E-state index contributed by atoms with van der Waals surface area (Å²) in [6, 6.07) is 4.94. The van der Waals surface area contributed by atoms with Crippen LogP contribution < -0.4 is 16.4 Å². The Kier molecular flexibility index (Phi) is 3.28. The molecule has 0 saturated carbocycles. The Hall–Kier alpha value is -2.04. The fourth-order valence-electron chi connectivity index (χ4n) is 1.18. The Bertz CT molecular complexity index is 400. The first-order valence-corrected chi connectivity index (χ1v) is 4.49. The number of aryl methyl sites for hydroxylation is 1. The molecule has 0 atom stereocenters. The largest absolute Gasteiger partial charge is 0.351 e. The fraction of sp³-hybridized carbons (Fsp3) is 0.200. The first-order valence-electron chi connectivity index (χ1n) is 4.49. The predicted octanol–water partition coefficient (Wildman–Crippen LogP) is 1.32. The molecule has 15 heavy (non-hydrogen) atoms. The minimum Gasteiger partial charge on any atom is -0.351 e. The van der Waals surface area contributed by atoms with Crippen LogP contribution in [0.4, 0.5) is 10.5 Å². The summed E-state index contributed by atoms with van der Waals surface area (Å²) in [6.07, 6.45) is 0. The Morgan fingerprint density at radius 1 is 1.40 bits per heavy atom. The molecule has 0 aromatic heterocycles. The lowest BCUT2D eigenvalue weighted by Gasteiger charge is -2.11. The average Bonchev–Trinajstić information content (AvgIpc) is 2.11. The highest BCUT2D eigenvalue weighted by Crippen LogP contribution is 2.17. The number of primary amides is 1. The highest BCUT2D eigenvalue weighted by molar-refractivity contribution is 6.01. The van der Waals surface area contributed by atoms with Gasteiger partial charge in [0.15, 0.2) is 0 Å². The van der Waals surface area contributed by atoms with Crippen molar-refractivity contribution in [3.8, 4) is 0 Å². The number of urea groups is 1. The minimum absolute atomic E-state index is 0.129. The number of rotatable bonds is 1. The molecular formula is C10H14N4O. The normalized spacial score (nSPS) is 9.47. The molecule has 1 aromatic rings. The summed E-state index contributed by atoms with van der Waals surface area (Å²) < 4.78 is 0. The van der Waals surface area contributed by atoms with Gasteiger partial charge in [-0.25, -0.2) is 4.79 Å². The van der Waals surface area contributed by atoms with Gasteiger partial charge >= 0.3 is 6.03 Å². The highest BCUT2D eigenvalue weighted by Gasteiger charge is 2.03. The molecule has 0 aliphatic carbocycles. The van der Waals surface area contributed by atoms with E-state index in [0.29, 0.717) is 0 Å². The molecule has 0 radical (unpaired) electrons. The number of carbonyl (C=O) groups is 1. The maximum atomic E-state index is 10.5. The van der Waals surface area contributed by atoms with Gasteiger partial charge in [-0.15, -0.1) is 0 Å². The second-order valence-corrected chi connectivity index (χ2v) is 3.24. The van der Waals surface area contributed by atoms with E-state index in [1.54, 1.807) is 0 Å². The second kappa shape index (κ2) is 4.45. The van der Waals surface area contributed by atoms with Crippen molar-refractivity contribution >= 4 is 17.7 Å². The summed E-state index contributed by atoms with van der Waals surface area (Å²) in [7, 11) is 0. The van der Waals surface area contributed by atoms with E-state index >= 15 is 0 Å². The molecule has 0 aliphatic rings. The molecule has 0 aliphatic heterocycles. The van der Waals surface area contributed by atoms with Crippen LogP contribution in [0.5, 0.6) is 0 Å². The lowest BCUT2D eigenvalue weighted by molar-refractivity contribution is 0.253. The molecule has 0 unspecified atom stereocenters. The number of hydrogen-bond donors (Lipinski definition) is 4. The molecule has 80 valence electrons. The molecule has 0 bridgehead atoms. The molecule has 5 nitrogen and oxygen atoms in total. The highest BCUT2D eigenvalue weighted by atomic mass is 16.2. The summed E-state index contributed by atoms with van der Waals surface area (Å²) in [5.74, 6) is -0.129. The number of nitrogens with two attached hydrogens (primary N) is 1. The lowest BCUT2D eigenvalue weighted by atomic mass is 10.1. The van der Waals surface area contributed by atoms with Crippen molar-refractivity contribution in [2.45, 2.75) is 13.8 Å². The molecule has 0 fully saturated rings. The van der Waals surface area contributed by atoms with Crippen molar-refractivity contribution in [3.05, 3.63) is 29.3 Å². The van der Waals surface area contributed by atoms with Crippen molar-refractivity contribution in [2.24, 2.45) is 5.73 Å². The van der Waals surface area contributed by atoms with E-state index in [2.05, 4.69) is 10.6 Å². The molecule has 5 heteroatoms. The third kappa shape index (κ3) is 2.98. The van der Waals surface area contributed by atoms with Crippen LogP contribution in [0.15, 0.2) is 18.2 Å². The number of hydrogen-bond acceptors (Lipinski definition) is 2. The zero-order valence-electron chi connectivity index (χ0n) is 8.72. The summed E-state index contributed by atoms with van der Waals surface area (Å²) in [6.45, 7) is 3.92. The Morgan fingerprint density at radius 2 is 2.07 bits per heavy atom. The van der Waals surface area contributed by atoms with Crippen LogP contribution in [0.1, 0.15) is 11.1 Å². The van der Waals surface area contributed by atoms with Gasteiger partial charge in [0, 0.05) is 5.69 Å². The van der Waals surface area contributed by atoms with E-state index in [0.717, 1.165) is 16.8 Å². The Balaban J connectivity index is 2.77. The van der Waals surface area contributed by atoms with Gasteiger partial charge in [-0.1, -0.05) is 12.1 Å². The van der Waals surface area contributed by atoms with Crippen LogP contribution >= 0.6 is 0 Å². The van der Waals surface area contributed by atoms with E-state index in [9.17, 15) is 4.79 Å². The summed E-state index contributed by atoms with van der Waals surface area (Å²) in [5.41, 5.74) is 7.82. The molecule has 0 spiro atoms. The van der Waals surface area contributed by atoms with Crippen LogP contribution in [0, 0.1) is 19.3 Å². The van der Waals surface area contributed by atoms with Crippen molar-refractivity contribution in [2.75, 3.05) is 5.32 Å². The van der Waals surface area contributed by atoms with Crippen LogP contribution in [-0.4, -0.2) is 12.0 Å². The number of nitrogens with one attached hydrogen (secondary N) is 3. The zero-order valence-corrected chi connectivity index (χ0v) is 8.72.